The second-order valence-corrected chi connectivity index (χ2v) is 9.02. The number of rotatable bonds is 15. The van der Waals surface area contributed by atoms with Gasteiger partial charge in [-0.05, 0) is 48.9 Å². The van der Waals surface area contributed by atoms with Gasteiger partial charge in [-0.1, -0.05) is 48.0 Å². The zero-order valence-electron chi connectivity index (χ0n) is 19.2. The van der Waals surface area contributed by atoms with Crippen molar-refractivity contribution < 1.29 is 31.5 Å². The van der Waals surface area contributed by atoms with Crippen LogP contribution in [-0.2, 0) is 30.4 Å². The molecule has 7 nitrogen and oxygen atoms in total. The average molecular weight is 487 g/mol. The maximum Gasteiger partial charge on any atom is 0.297 e. The Bertz CT molecular complexity index is 1070. The highest BCUT2D eigenvalue weighted by molar-refractivity contribution is 7.86. The summed E-state index contributed by atoms with van der Waals surface area (Å²) >= 11 is 0. The van der Waals surface area contributed by atoms with Crippen molar-refractivity contribution in [1.29, 1.82) is 0 Å². The van der Waals surface area contributed by atoms with E-state index in [2.05, 4.69) is 0 Å². The summed E-state index contributed by atoms with van der Waals surface area (Å²) in [6.07, 6.45) is 0. The van der Waals surface area contributed by atoms with Gasteiger partial charge >= 0.3 is 0 Å². The van der Waals surface area contributed by atoms with Crippen LogP contribution in [0.15, 0.2) is 83.8 Å². The molecule has 0 radical (unpaired) electrons. The van der Waals surface area contributed by atoms with E-state index in [9.17, 15) is 8.42 Å². The molecule has 0 aliphatic carbocycles. The number of benzene rings is 3. The summed E-state index contributed by atoms with van der Waals surface area (Å²) in [5.41, 5.74) is 2.10. The summed E-state index contributed by atoms with van der Waals surface area (Å²) in [6.45, 7) is 4.04. The lowest BCUT2D eigenvalue weighted by Gasteiger charge is -2.10. The van der Waals surface area contributed by atoms with Crippen molar-refractivity contribution in [3.8, 4) is 11.5 Å². The largest absolute Gasteiger partial charge is 0.491 e. The second-order valence-electron chi connectivity index (χ2n) is 7.41. The fourth-order valence-electron chi connectivity index (χ4n) is 2.89. The predicted molar refractivity (Wildman–Crippen MR) is 129 cm³/mol. The molecule has 0 saturated heterocycles. The molecule has 0 N–H and O–H groups in total. The van der Waals surface area contributed by atoms with Crippen molar-refractivity contribution in [2.45, 2.75) is 18.4 Å². The molecular formula is C26H30O7S. The van der Waals surface area contributed by atoms with Gasteiger partial charge in [0.15, 0.2) is 0 Å². The van der Waals surface area contributed by atoms with Gasteiger partial charge in [-0.3, -0.25) is 4.18 Å². The van der Waals surface area contributed by atoms with Gasteiger partial charge in [0.25, 0.3) is 10.1 Å². The Morgan fingerprint density at radius 1 is 0.618 bits per heavy atom. The van der Waals surface area contributed by atoms with E-state index >= 15 is 0 Å². The minimum Gasteiger partial charge on any atom is -0.491 e. The van der Waals surface area contributed by atoms with E-state index in [1.807, 2.05) is 61.5 Å². The van der Waals surface area contributed by atoms with Crippen molar-refractivity contribution in [2.24, 2.45) is 0 Å². The van der Waals surface area contributed by atoms with E-state index < -0.39 is 10.1 Å². The highest BCUT2D eigenvalue weighted by Gasteiger charge is 2.14. The van der Waals surface area contributed by atoms with Gasteiger partial charge in [-0.2, -0.15) is 8.42 Å². The van der Waals surface area contributed by atoms with Crippen LogP contribution in [0.5, 0.6) is 11.5 Å². The van der Waals surface area contributed by atoms with Gasteiger partial charge in [-0.15, -0.1) is 0 Å². The lowest BCUT2D eigenvalue weighted by Crippen LogP contribution is -2.14. The maximum absolute atomic E-state index is 12.1. The Kier molecular flexibility index (Phi) is 10.4. The molecule has 0 saturated carbocycles. The van der Waals surface area contributed by atoms with Crippen molar-refractivity contribution in [2.75, 3.05) is 39.6 Å². The number of hydrogen-bond acceptors (Lipinski definition) is 7. The monoisotopic (exact) mass is 486 g/mol. The first-order valence-electron chi connectivity index (χ1n) is 11.0. The topological polar surface area (TPSA) is 80.3 Å². The van der Waals surface area contributed by atoms with Gasteiger partial charge in [0.1, 0.15) is 24.7 Å². The fraction of sp³-hybridized carbons (Fsp3) is 0.308. The minimum atomic E-state index is -3.76. The maximum atomic E-state index is 12.1. The van der Waals surface area contributed by atoms with Gasteiger partial charge in [-0.25, -0.2) is 0 Å². The van der Waals surface area contributed by atoms with Crippen molar-refractivity contribution in [1.82, 2.24) is 0 Å². The normalized spacial score (nSPS) is 11.3. The van der Waals surface area contributed by atoms with Crippen LogP contribution in [0.2, 0.25) is 0 Å². The van der Waals surface area contributed by atoms with Crippen molar-refractivity contribution in [3.05, 3.63) is 90.0 Å². The molecule has 0 spiro atoms. The molecule has 0 fully saturated rings. The summed E-state index contributed by atoms with van der Waals surface area (Å²) in [6, 6.07) is 23.9. The molecule has 3 rings (SSSR count). The molecule has 0 aromatic heterocycles. The van der Waals surface area contributed by atoms with Gasteiger partial charge in [0, 0.05) is 0 Å². The molecule has 0 atom stereocenters. The SMILES string of the molecule is Cc1ccc(S(=O)(=O)OCCOCCOCCOc2ccc(OCc3ccccc3)cc2)cc1. The number of hydrogen-bond donors (Lipinski definition) is 0. The standard InChI is InChI=1S/C26H30O7S/c1-22-7-13-26(14-8-22)34(27,28)33-20-18-30-16-15-29-17-19-31-24-9-11-25(12-10-24)32-21-23-5-3-2-4-6-23/h2-14H,15-21H2,1H3. The Balaban J connectivity index is 1.19. The Morgan fingerprint density at radius 3 is 1.82 bits per heavy atom. The van der Waals surface area contributed by atoms with Gasteiger partial charge in [0.05, 0.1) is 37.9 Å². The average Bonchev–Trinajstić information content (AvgIpc) is 2.85. The molecule has 0 amide bonds. The van der Waals surface area contributed by atoms with Crippen molar-refractivity contribution in [3.63, 3.8) is 0 Å². The first kappa shape index (κ1) is 25.7. The number of aryl methyl sites for hydroxylation is 1. The molecular weight excluding hydrogens is 456 g/mol. The summed E-state index contributed by atoms with van der Waals surface area (Å²) in [5.74, 6) is 1.51. The van der Waals surface area contributed by atoms with Crippen molar-refractivity contribution >= 4 is 10.1 Å². The molecule has 3 aromatic rings. The number of ether oxygens (including phenoxy) is 4. The highest BCUT2D eigenvalue weighted by atomic mass is 32.2. The Labute approximate surface area is 201 Å². The van der Waals surface area contributed by atoms with Crippen LogP contribution in [0, 0.1) is 6.92 Å². The quantitative estimate of drug-likeness (QED) is 0.233. The molecule has 0 aliphatic heterocycles. The predicted octanol–water partition coefficient (Wildman–Crippen LogP) is 4.39. The zero-order chi connectivity index (χ0) is 24.1. The van der Waals surface area contributed by atoms with E-state index in [0.717, 1.165) is 22.6 Å². The van der Waals surface area contributed by atoms with E-state index in [1.54, 1.807) is 12.1 Å². The molecule has 0 aliphatic rings. The van der Waals surface area contributed by atoms with Gasteiger partial charge in [0.2, 0.25) is 0 Å². The third kappa shape index (κ3) is 9.15. The van der Waals surface area contributed by atoms with Crippen LogP contribution in [0.3, 0.4) is 0 Å². The molecule has 0 bridgehead atoms. The van der Waals surface area contributed by atoms with Crippen LogP contribution >= 0.6 is 0 Å². The van der Waals surface area contributed by atoms with Crippen LogP contribution in [0.25, 0.3) is 0 Å². The van der Waals surface area contributed by atoms with Crippen LogP contribution in [0.1, 0.15) is 11.1 Å². The van der Waals surface area contributed by atoms with E-state index in [0.29, 0.717) is 33.0 Å². The van der Waals surface area contributed by atoms with Gasteiger partial charge < -0.3 is 18.9 Å². The molecule has 0 unspecified atom stereocenters. The third-order valence-electron chi connectivity index (χ3n) is 4.72. The molecule has 34 heavy (non-hydrogen) atoms. The Morgan fingerprint density at radius 2 is 1.18 bits per heavy atom. The van der Waals surface area contributed by atoms with E-state index in [-0.39, 0.29) is 18.1 Å². The fourth-order valence-corrected chi connectivity index (χ4v) is 3.78. The molecule has 182 valence electrons. The summed E-state index contributed by atoms with van der Waals surface area (Å²) < 4.78 is 51.3. The van der Waals surface area contributed by atoms with E-state index in [1.165, 1.54) is 12.1 Å². The first-order valence-corrected chi connectivity index (χ1v) is 12.4. The second kappa shape index (κ2) is 13.7. The first-order chi connectivity index (χ1) is 16.5. The summed E-state index contributed by atoms with van der Waals surface area (Å²) in [4.78, 5) is 0.135. The third-order valence-corrected chi connectivity index (χ3v) is 6.04. The molecule has 8 heteroatoms. The van der Waals surface area contributed by atoms with Crippen LogP contribution in [-0.4, -0.2) is 48.1 Å². The smallest absolute Gasteiger partial charge is 0.297 e. The van der Waals surface area contributed by atoms with E-state index in [4.69, 9.17) is 23.1 Å². The lowest BCUT2D eigenvalue weighted by molar-refractivity contribution is 0.0279. The Hall–Kier alpha value is -2.91. The summed E-state index contributed by atoms with van der Waals surface area (Å²) in [5, 5.41) is 0. The van der Waals surface area contributed by atoms with Crippen LogP contribution in [0.4, 0.5) is 0 Å². The highest BCUT2D eigenvalue weighted by Crippen LogP contribution is 2.18. The van der Waals surface area contributed by atoms with Crippen LogP contribution < -0.4 is 9.47 Å². The molecule has 3 aromatic carbocycles. The minimum absolute atomic E-state index is 0.0512. The summed E-state index contributed by atoms with van der Waals surface area (Å²) in [7, 11) is -3.76. The molecule has 0 heterocycles. The lowest BCUT2D eigenvalue weighted by atomic mass is 10.2. The zero-order valence-corrected chi connectivity index (χ0v) is 20.0.